The Hall–Kier alpha value is -2.58. The van der Waals surface area contributed by atoms with Crippen molar-refractivity contribution >= 4 is 17.7 Å². The van der Waals surface area contributed by atoms with Crippen molar-refractivity contribution in [2.24, 2.45) is 11.5 Å². The first-order chi connectivity index (χ1) is 12.6. The Balaban J connectivity index is 2.12. The van der Waals surface area contributed by atoms with Crippen LogP contribution < -0.4 is 22.6 Å². The molecular formula is C13H19N5O8. The molecule has 26 heavy (non-hydrogen) atoms. The summed E-state index contributed by atoms with van der Waals surface area (Å²) in [5.74, 6) is -2.02. The van der Waals surface area contributed by atoms with E-state index < -0.39 is 61.2 Å². The van der Waals surface area contributed by atoms with Crippen LogP contribution in [0.2, 0.25) is 0 Å². The zero-order valence-electron chi connectivity index (χ0n) is 14.3. The number of hydrogen-bond acceptors (Lipinski definition) is 11. The van der Waals surface area contributed by atoms with Gasteiger partial charge in [-0.25, -0.2) is 4.79 Å². The molecule has 13 nitrogen and oxygen atoms in total. The number of anilines is 1. The molecule has 0 spiro atoms. The number of nitrogens with one attached hydrogen (secondary N) is 1. The first-order valence-electron chi connectivity index (χ1n) is 7.85. The molecule has 13 heteroatoms. The van der Waals surface area contributed by atoms with Crippen LogP contribution in [0.1, 0.15) is 14.0 Å². The van der Waals surface area contributed by atoms with Gasteiger partial charge in [0.05, 0.1) is 7.79 Å². The predicted molar refractivity (Wildman–Crippen MR) is 82.6 cm³/mol. The summed E-state index contributed by atoms with van der Waals surface area (Å²) in [6.07, 6.45) is -6.87. The number of primary amides is 1. The van der Waals surface area contributed by atoms with Crippen molar-refractivity contribution in [3.05, 3.63) is 22.7 Å². The van der Waals surface area contributed by atoms with E-state index in [4.69, 9.17) is 27.5 Å². The van der Waals surface area contributed by atoms with E-state index in [1.54, 1.807) is 5.48 Å². The molecule has 144 valence electrons. The van der Waals surface area contributed by atoms with Crippen molar-refractivity contribution < 1.29 is 35.9 Å². The lowest BCUT2D eigenvalue weighted by Gasteiger charge is -2.17. The number of carbonyl (C=O) groups excluding carboxylic acids is 2. The van der Waals surface area contributed by atoms with E-state index in [1.807, 2.05) is 0 Å². The minimum Gasteiger partial charge on any atom is -0.462 e. The van der Waals surface area contributed by atoms with Gasteiger partial charge >= 0.3 is 11.7 Å². The van der Waals surface area contributed by atoms with Gasteiger partial charge in [-0.2, -0.15) is 4.98 Å². The molecule has 0 saturated carbocycles. The molecule has 1 aromatic rings. The maximum absolute atomic E-state index is 12.0. The second-order valence-corrected chi connectivity index (χ2v) is 5.41. The Labute approximate surface area is 147 Å². The van der Waals surface area contributed by atoms with Crippen LogP contribution >= 0.6 is 0 Å². The average Bonchev–Trinajstić information content (AvgIpc) is 2.83. The van der Waals surface area contributed by atoms with Gasteiger partial charge in [0, 0.05) is 6.20 Å². The molecule has 0 aromatic carbocycles. The van der Waals surface area contributed by atoms with Gasteiger partial charge < -0.3 is 31.2 Å². The lowest BCUT2D eigenvalue weighted by molar-refractivity contribution is -0.152. The van der Waals surface area contributed by atoms with E-state index in [-0.39, 0.29) is 5.82 Å². The van der Waals surface area contributed by atoms with Gasteiger partial charge in [0.2, 0.25) is 5.91 Å². The quantitative estimate of drug-likeness (QED) is 0.203. The molecular weight excluding hydrogens is 354 g/mol. The number of aromatic nitrogens is 2. The fraction of sp³-hybridized carbons (Fsp3) is 0.538. The number of rotatable bonds is 7. The van der Waals surface area contributed by atoms with Crippen LogP contribution in [-0.4, -0.2) is 67.8 Å². The third kappa shape index (κ3) is 4.33. The molecule has 1 fully saturated rings. The highest BCUT2D eigenvalue weighted by atomic mass is 16.6. The first-order valence-corrected chi connectivity index (χ1v) is 7.35. The van der Waals surface area contributed by atoms with Gasteiger partial charge in [0.1, 0.15) is 31.0 Å². The lowest BCUT2D eigenvalue weighted by atomic mass is 10.1. The van der Waals surface area contributed by atoms with Gasteiger partial charge in [0.15, 0.2) is 12.0 Å². The summed E-state index contributed by atoms with van der Waals surface area (Å²) in [7, 11) is 0. The van der Waals surface area contributed by atoms with Crippen LogP contribution in [0.5, 0.6) is 0 Å². The number of hydrogen-bond donors (Lipinski definition) is 6. The zero-order valence-corrected chi connectivity index (χ0v) is 13.3. The monoisotopic (exact) mass is 374 g/mol. The fourth-order valence-corrected chi connectivity index (χ4v) is 2.18. The molecule has 1 aliphatic rings. The summed E-state index contributed by atoms with van der Waals surface area (Å²) in [5, 5.41) is 28.9. The number of ether oxygens (including phenoxy) is 2. The van der Waals surface area contributed by atoms with Gasteiger partial charge in [-0.1, -0.05) is 0 Å². The van der Waals surface area contributed by atoms with Crippen LogP contribution in [0, 0.1) is 0 Å². The highest BCUT2D eigenvalue weighted by Gasteiger charge is 2.44. The molecule has 8 N–H and O–H groups in total. The van der Waals surface area contributed by atoms with Crippen LogP contribution in [0.3, 0.4) is 0 Å². The smallest absolute Gasteiger partial charge is 0.351 e. The van der Waals surface area contributed by atoms with E-state index in [9.17, 15) is 24.6 Å². The van der Waals surface area contributed by atoms with Crippen LogP contribution in [0.25, 0.3) is 0 Å². The van der Waals surface area contributed by atoms with Crippen molar-refractivity contribution in [1.82, 2.24) is 9.55 Å². The normalized spacial score (nSPS) is 29.7. The molecule has 1 saturated heterocycles. The number of nitrogens with two attached hydrogens (primary N) is 2. The number of carbonyl (C=O) groups is 2. The molecule has 5 atom stereocenters. The van der Waals surface area contributed by atoms with Crippen LogP contribution in [0.15, 0.2) is 17.1 Å². The highest BCUT2D eigenvalue weighted by Crippen LogP contribution is 2.28. The molecule has 1 aliphatic heterocycles. The summed E-state index contributed by atoms with van der Waals surface area (Å²) in [6, 6.07) is -0.201. The van der Waals surface area contributed by atoms with Gasteiger partial charge in [-0.3, -0.25) is 24.8 Å². The SMILES string of the molecule is [2H][C@@]1(n2ccc(NO)nc2=O)O[C@H](COC(=O)[C@H](N)CC(N)=O)[C@@H](O)[C@H]1O. The van der Waals surface area contributed by atoms with Gasteiger partial charge in [-0.15, -0.1) is 0 Å². The highest BCUT2D eigenvalue weighted by molar-refractivity contribution is 5.84. The minimum atomic E-state index is -2.47. The van der Waals surface area contributed by atoms with Crippen molar-refractivity contribution in [2.75, 3.05) is 12.1 Å². The summed E-state index contributed by atoms with van der Waals surface area (Å²) in [4.78, 5) is 37.8. The molecule has 2 rings (SSSR count). The fourth-order valence-electron chi connectivity index (χ4n) is 2.18. The Morgan fingerprint density at radius 3 is 2.77 bits per heavy atom. The molecule has 0 unspecified atom stereocenters. The van der Waals surface area contributed by atoms with E-state index in [0.29, 0.717) is 4.57 Å². The second kappa shape index (κ2) is 8.20. The summed E-state index contributed by atoms with van der Waals surface area (Å²) in [6.45, 7) is -0.609. The molecule has 1 amide bonds. The Morgan fingerprint density at radius 2 is 2.19 bits per heavy atom. The molecule has 1 aromatic heterocycles. The number of nitrogens with zero attached hydrogens (tertiary/aromatic N) is 2. The second-order valence-electron chi connectivity index (χ2n) is 5.41. The number of esters is 1. The molecule has 2 heterocycles. The zero-order chi connectivity index (χ0) is 20.4. The maximum Gasteiger partial charge on any atom is 0.351 e. The van der Waals surface area contributed by atoms with Crippen molar-refractivity contribution in [2.45, 2.75) is 37.0 Å². The molecule has 0 radical (unpaired) electrons. The van der Waals surface area contributed by atoms with Crippen LogP contribution in [-0.2, 0) is 19.1 Å². The van der Waals surface area contributed by atoms with E-state index in [1.165, 1.54) is 0 Å². The average molecular weight is 374 g/mol. The maximum atomic E-state index is 12.0. The Morgan fingerprint density at radius 1 is 1.50 bits per heavy atom. The standard InChI is InChI=1S/C13H19N5O8/c14-5(3-7(15)19)12(22)25-4-6-9(20)10(21)11(26-6)18-2-1-8(17-24)16-13(18)23/h1-2,5-6,9-11,20-21,24H,3-4,14H2,(H2,15,19)(H,16,17,23)/t5-,6-,9-,10-,11-/m1/s1/i11D. The number of aliphatic hydroxyl groups is 2. The first kappa shape index (κ1) is 18.2. The van der Waals surface area contributed by atoms with Crippen molar-refractivity contribution in [3.8, 4) is 0 Å². The topological polar surface area (TPSA) is 212 Å². The van der Waals surface area contributed by atoms with Crippen molar-refractivity contribution in [1.29, 1.82) is 0 Å². The van der Waals surface area contributed by atoms with Crippen molar-refractivity contribution in [3.63, 3.8) is 0 Å². The summed E-state index contributed by atoms with van der Waals surface area (Å²) >= 11 is 0. The van der Waals surface area contributed by atoms with Crippen LogP contribution in [0.4, 0.5) is 5.82 Å². The van der Waals surface area contributed by atoms with Gasteiger partial charge in [0.25, 0.3) is 0 Å². The van der Waals surface area contributed by atoms with Gasteiger partial charge in [-0.05, 0) is 6.07 Å². The number of amides is 1. The molecule has 0 bridgehead atoms. The Bertz CT molecular complexity index is 775. The minimum absolute atomic E-state index is 0.207. The lowest BCUT2D eigenvalue weighted by Crippen LogP contribution is -2.39. The molecule has 0 aliphatic carbocycles. The number of aliphatic hydroxyl groups excluding tert-OH is 2. The predicted octanol–water partition coefficient (Wildman–Crippen LogP) is -3.59. The third-order valence-electron chi connectivity index (χ3n) is 3.50. The largest absolute Gasteiger partial charge is 0.462 e. The third-order valence-corrected chi connectivity index (χ3v) is 3.50. The summed E-state index contributed by atoms with van der Waals surface area (Å²) < 4.78 is 18.8. The van der Waals surface area contributed by atoms with E-state index in [2.05, 4.69) is 4.98 Å². The summed E-state index contributed by atoms with van der Waals surface area (Å²) in [5.41, 5.74) is 10.9. The van der Waals surface area contributed by atoms with E-state index in [0.717, 1.165) is 12.3 Å². The van der Waals surface area contributed by atoms with E-state index >= 15 is 0 Å². The Kier molecular flexibility index (Phi) is 5.75.